The second kappa shape index (κ2) is 7.06. The smallest absolute Gasteiger partial charge is 0.243 e. The van der Waals surface area contributed by atoms with Crippen molar-refractivity contribution in [2.24, 2.45) is 0 Å². The average molecular weight is 310 g/mol. The number of nitrogens with one attached hydrogen (secondary N) is 1. The molecule has 0 saturated heterocycles. The summed E-state index contributed by atoms with van der Waals surface area (Å²) in [5, 5.41) is 2.99. The van der Waals surface area contributed by atoms with E-state index in [-0.39, 0.29) is 0 Å². The normalized spacial score (nSPS) is 16.6. The zero-order chi connectivity index (χ0) is 15.3. The zero-order valence-electron chi connectivity index (χ0n) is 12.5. The number of rotatable bonds is 6. The summed E-state index contributed by atoms with van der Waals surface area (Å²) in [6.45, 7) is 4.28. The lowest BCUT2D eigenvalue weighted by Crippen LogP contribution is -2.35. The largest absolute Gasteiger partial charge is 0.492 e. The predicted molar refractivity (Wildman–Crippen MR) is 83.0 cm³/mol. The van der Waals surface area contributed by atoms with Gasteiger partial charge in [0, 0.05) is 19.6 Å². The molecule has 2 rings (SSSR count). The highest BCUT2D eigenvalue weighted by Crippen LogP contribution is 2.22. The number of nitrogens with zero attached hydrogens (tertiary/aromatic N) is 1. The maximum absolute atomic E-state index is 12.6. The van der Waals surface area contributed by atoms with Crippen molar-refractivity contribution in [1.82, 2.24) is 9.62 Å². The molecule has 1 aliphatic heterocycles. The van der Waals surface area contributed by atoms with Gasteiger partial charge in [0.1, 0.15) is 12.4 Å². The van der Waals surface area contributed by atoms with Crippen LogP contribution in [0.2, 0.25) is 0 Å². The van der Waals surface area contributed by atoms with Crippen molar-refractivity contribution < 1.29 is 13.2 Å². The van der Waals surface area contributed by atoms with E-state index >= 15 is 0 Å². The molecule has 6 heteroatoms. The Labute approximate surface area is 126 Å². The van der Waals surface area contributed by atoms with Gasteiger partial charge >= 0.3 is 0 Å². The molecule has 0 aromatic heterocycles. The van der Waals surface area contributed by atoms with Crippen LogP contribution in [0.5, 0.6) is 5.75 Å². The van der Waals surface area contributed by atoms with Gasteiger partial charge in [0.05, 0.1) is 4.90 Å². The molecule has 0 saturated carbocycles. The van der Waals surface area contributed by atoms with Crippen LogP contribution in [0.4, 0.5) is 0 Å². The van der Waals surface area contributed by atoms with Gasteiger partial charge in [-0.1, -0.05) is 11.6 Å². The van der Waals surface area contributed by atoms with E-state index in [2.05, 4.69) is 11.4 Å². The standard InChI is InChI=1S/C15H22N2O3S/c1-13-4-3-10-17(12-13)21(18,19)15-7-5-14(6-8-15)20-11-9-16-2/h4-8,16H,3,9-12H2,1-2H3. The Bertz CT molecular complexity index is 594. The maximum Gasteiger partial charge on any atom is 0.243 e. The topological polar surface area (TPSA) is 58.6 Å². The highest BCUT2D eigenvalue weighted by atomic mass is 32.2. The minimum atomic E-state index is -3.41. The van der Waals surface area contributed by atoms with Crippen molar-refractivity contribution in [3.8, 4) is 5.75 Å². The first-order chi connectivity index (χ1) is 10.0. The van der Waals surface area contributed by atoms with Crippen molar-refractivity contribution in [3.63, 3.8) is 0 Å². The average Bonchev–Trinajstić information content (AvgIpc) is 2.48. The Morgan fingerprint density at radius 2 is 2.00 bits per heavy atom. The van der Waals surface area contributed by atoms with Crippen molar-refractivity contribution in [3.05, 3.63) is 35.9 Å². The van der Waals surface area contributed by atoms with Gasteiger partial charge in [-0.25, -0.2) is 8.42 Å². The summed E-state index contributed by atoms with van der Waals surface area (Å²) in [5.41, 5.74) is 1.09. The Balaban J connectivity index is 2.08. The molecule has 1 aromatic rings. The van der Waals surface area contributed by atoms with Gasteiger partial charge in [0.2, 0.25) is 10.0 Å². The number of likely N-dealkylation sites (N-methyl/N-ethyl adjacent to an activating group) is 1. The quantitative estimate of drug-likeness (QED) is 0.641. The molecular weight excluding hydrogens is 288 g/mol. The van der Waals surface area contributed by atoms with E-state index in [1.165, 1.54) is 4.31 Å². The molecule has 116 valence electrons. The van der Waals surface area contributed by atoms with E-state index in [1.54, 1.807) is 24.3 Å². The van der Waals surface area contributed by atoms with E-state index in [0.29, 0.717) is 30.3 Å². The number of hydrogen-bond donors (Lipinski definition) is 1. The van der Waals surface area contributed by atoms with Crippen LogP contribution in [0.25, 0.3) is 0 Å². The summed E-state index contributed by atoms with van der Waals surface area (Å²) >= 11 is 0. The number of ether oxygens (including phenoxy) is 1. The number of benzene rings is 1. The third kappa shape index (κ3) is 4.06. The molecule has 1 aromatic carbocycles. The monoisotopic (exact) mass is 310 g/mol. The minimum Gasteiger partial charge on any atom is -0.492 e. The first-order valence-corrected chi connectivity index (χ1v) is 8.51. The molecular formula is C15H22N2O3S. The molecule has 21 heavy (non-hydrogen) atoms. The summed E-state index contributed by atoms with van der Waals surface area (Å²) in [6, 6.07) is 6.62. The molecule has 0 unspecified atom stereocenters. The minimum absolute atomic E-state index is 0.318. The van der Waals surface area contributed by atoms with Crippen LogP contribution in [-0.4, -0.2) is 46.0 Å². The van der Waals surface area contributed by atoms with E-state index in [4.69, 9.17) is 4.74 Å². The maximum atomic E-state index is 12.6. The number of sulfonamides is 1. The SMILES string of the molecule is CNCCOc1ccc(S(=O)(=O)N2CCC=C(C)C2)cc1. The fourth-order valence-electron chi connectivity index (χ4n) is 2.21. The van der Waals surface area contributed by atoms with Crippen molar-refractivity contribution >= 4 is 10.0 Å². The van der Waals surface area contributed by atoms with Gasteiger partial charge in [-0.3, -0.25) is 0 Å². The summed E-state index contributed by atoms with van der Waals surface area (Å²) in [7, 11) is -1.56. The molecule has 0 spiro atoms. The number of hydrogen-bond acceptors (Lipinski definition) is 4. The second-order valence-corrected chi connectivity index (χ2v) is 7.04. The summed E-state index contributed by atoms with van der Waals surface area (Å²) in [6.07, 6.45) is 2.86. The lowest BCUT2D eigenvalue weighted by molar-refractivity contribution is 0.318. The van der Waals surface area contributed by atoms with Crippen LogP contribution >= 0.6 is 0 Å². The van der Waals surface area contributed by atoms with Crippen LogP contribution in [0.15, 0.2) is 40.8 Å². The lowest BCUT2D eigenvalue weighted by atomic mass is 10.2. The van der Waals surface area contributed by atoms with Gasteiger partial charge in [-0.05, 0) is 44.7 Å². The Hall–Kier alpha value is -1.37. The van der Waals surface area contributed by atoms with Gasteiger partial charge in [0.15, 0.2) is 0 Å². The van der Waals surface area contributed by atoms with Gasteiger partial charge in [-0.15, -0.1) is 0 Å². The second-order valence-electron chi connectivity index (χ2n) is 5.10. The molecule has 0 fully saturated rings. The van der Waals surface area contributed by atoms with Gasteiger partial charge in [0.25, 0.3) is 0 Å². The van der Waals surface area contributed by atoms with Gasteiger partial charge < -0.3 is 10.1 Å². The summed E-state index contributed by atoms with van der Waals surface area (Å²) < 4.78 is 32.1. The fourth-order valence-corrected chi connectivity index (χ4v) is 3.71. The summed E-state index contributed by atoms with van der Waals surface area (Å²) in [4.78, 5) is 0.318. The predicted octanol–water partition coefficient (Wildman–Crippen LogP) is 1.63. The van der Waals surface area contributed by atoms with E-state index in [0.717, 1.165) is 18.5 Å². The molecule has 0 amide bonds. The third-order valence-electron chi connectivity index (χ3n) is 3.38. The molecule has 0 atom stereocenters. The van der Waals surface area contributed by atoms with E-state index < -0.39 is 10.0 Å². The van der Waals surface area contributed by atoms with Crippen molar-refractivity contribution in [2.45, 2.75) is 18.2 Å². The van der Waals surface area contributed by atoms with Crippen LogP contribution < -0.4 is 10.1 Å². The van der Waals surface area contributed by atoms with Gasteiger partial charge in [-0.2, -0.15) is 4.31 Å². The third-order valence-corrected chi connectivity index (χ3v) is 5.24. The zero-order valence-corrected chi connectivity index (χ0v) is 13.3. The van der Waals surface area contributed by atoms with Crippen LogP contribution in [0.3, 0.4) is 0 Å². The van der Waals surface area contributed by atoms with Crippen molar-refractivity contribution in [2.75, 3.05) is 33.3 Å². The molecule has 1 aliphatic rings. The highest BCUT2D eigenvalue weighted by Gasteiger charge is 2.25. The van der Waals surface area contributed by atoms with Crippen molar-refractivity contribution in [1.29, 1.82) is 0 Å². The summed E-state index contributed by atoms with van der Waals surface area (Å²) in [5.74, 6) is 0.680. The molecule has 0 aliphatic carbocycles. The molecule has 5 nitrogen and oxygen atoms in total. The first kappa shape index (κ1) is 16.0. The van der Waals surface area contributed by atoms with Crippen LogP contribution in [-0.2, 0) is 10.0 Å². The Morgan fingerprint density at radius 1 is 1.29 bits per heavy atom. The highest BCUT2D eigenvalue weighted by molar-refractivity contribution is 7.89. The van der Waals surface area contributed by atoms with Crippen LogP contribution in [0, 0.1) is 0 Å². The molecule has 1 heterocycles. The van der Waals surface area contributed by atoms with Crippen LogP contribution in [0.1, 0.15) is 13.3 Å². The first-order valence-electron chi connectivity index (χ1n) is 7.07. The lowest BCUT2D eigenvalue weighted by Gasteiger charge is -2.25. The van der Waals surface area contributed by atoms with E-state index in [9.17, 15) is 8.42 Å². The molecule has 0 bridgehead atoms. The van der Waals surface area contributed by atoms with E-state index in [1.807, 2.05) is 14.0 Å². The Kier molecular flexibility index (Phi) is 5.39. The molecule has 0 radical (unpaired) electrons. The fraction of sp³-hybridized carbons (Fsp3) is 0.467. The molecule has 1 N–H and O–H groups in total. The Morgan fingerprint density at radius 3 is 2.62 bits per heavy atom.